The van der Waals surface area contributed by atoms with Gasteiger partial charge in [-0.25, -0.2) is 4.79 Å². The Morgan fingerprint density at radius 1 is 1.53 bits per heavy atom. The maximum Gasteiger partial charge on any atom is 0.338 e. The minimum atomic E-state index is -0.480. The Kier molecular flexibility index (Phi) is 6.32. The van der Waals surface area contributed by atoms with Crippen LogP contribution in [0.25, 0.3) is 0 Å². The van der Waals surface area contributed by atoms with Crippen LogP contribution in [0.2, 0.25) is 0 Å². The Balaban J connectivity index is 5.01. The number of allylic oxidation sites excluding steroid dienone is 4. The Morgan fingerprint density at radius 2 is 2.20 bits per heavy atom. The number of hydrogen-bond acceptors (Lipinski definition) is 3. The van der Waals surface area contributed by atoms with Gasteiger partial charge in [0.1, 0.15) is 0 Å². The second kappa shape index (κ2) is 7.34. The second-order valence-electron chi connectivity index (χ2n) is 2.49. The molecule has 0 unspecified atom stereocenters. The number of nitriles is 1. The third-order valence-electron chi connectivity index (χ3n) is 1.47. The van der Waals surface area contributed by atoms with Crippen molar-refractivity contribution >= 4 is 5.97 Å². The van der Waals surface area contributed by atoms with Crippen molar-refractivity contribution in [3.8, 4) is 6.07 Å². The third kappa shape index (κ3) is 4.63. The summed E-state index contributed by atoms with van der Waals surface area (Å²) in [4.78, 5) is 11.4. The van der Waals surface area contributed by atoms with E-state index in [1.165, 1.54) is 24.3 Å². The van der Waals surface area contributed by atoms with Gasteiger partial charge in [-0.15, -0.1) is 0 Å². The SMILES string of the molecule is C=CC=C(C=C(C#N)C=C)C(=O)OCC. The highest BCUT2D eigenvalue weighted by atomic mass is 16.5. The molecule has 0 aromatic carbocycles. The van der Waals surface area contributed by atoms with Crippen LogP contribution >= 0.6 is 0 Å². The molecule has 0 atom stereocenters. The van der Waals surface area contributed by atoms with E-state index in [0.29, 0.717) is 5.57 Å². The van der Waals surface area contributed by atoms with E-state index in [-0.39, 0.29) is 12.2 Å². The Hall–Kier alpha value is -2.08. The van der Waals surface area contributed by atoms with Crippen LogP contribution in [-0.2, 0) is 9.53 Å². The van der Waals surface area contributed by atoms with Crippen molar-refractivity contribution in [1.82, 2.24) is 0 Å². The molecule has 0 heterocycles. The minimum absolute atomic E-state index is 0.281. The van der Waals surface area contributed by atoms with Crippen LogP contribution in [0.15, 0.2) is 48.6 Å². The van der Waals surface area contributed by atoms with E-state index >= 15 is 0 Å². The molecule has 0 rings (SSSR count). The summed E-state index contributed by atoms with van der Waals surface area (Å²) in [6.45, 7) is 8.94. The number of nitrogens with zero attached hydrogens (tertiary/aromatic N) is 1. The van der Waals surface area contributed by atoms with Crippen LogP contribution in [0.3, 0.4) is 0 Å². The molecule has 3 nitrogen and oxygen atoms in total. The Bertz CT molecular complexity index is 356. The van der Waals surface area contributed by atoms with E-state index in [9.17, 15) is 4.79 Å². The van der Waals surface area contributed by atoms with Crippen molar-refractivity contribution < 1.29 is 9.53 Å². The molecule has 0 aliphatic rings. The van der Waals surface area contributed by atoms with Crippen molar-refractivity contribution in [1.29, 1.82) is 5.26 Å². The molecule has 0 aliphatic heterocycles. The standard InChI is InChI=1S/C12H13NO2/c1-4-7-11(12(14)15-6-3)8-10(5-2)9-13/h4-5,7-8H,1-2,6H2,3H3. The van der Waals surface area contributed by atoms with Gasteiger partial charge in [-0.2, -0.15) is 5.26 Å². The zero-order valence-electron chi connectivity index (χ0n) is 8.69. The topological polar surface area (TPSA) is 50.1 Å². The van der Waals surface area contributed by atoms with Crippen molar-refractivity contribution in [3.05, 3.63) is 48.6 Å². The first kappa shape index (κ1) is 12.9. The average Bonchev–Trinajstić information content (AvgIpc) is 2.24. The minimum Gasteiger partial charge on any atom is -0.462 e. The number of rotatable bonds is 5. The van der Waals surface area contributed by atoms with Crippen LogP contribution in [0, 0.1) is 11.3 Å². The molecule has 78 valence electrons. The highest BCUT2D eigenvalue weighted by Gasteiger charge is 2.07. The van der Waals surface area contributed by atoms with E-state index in [4.69, 9.17) is 10.00 Å². The fraction of sp³-hybridized carbons (Fsp3) is 0.167. The van der Waals surface area contributed by atoms with Gasteiger partial charge in [0.15, 0.2) is 0 Å². The first-order chi connectivity index (χ1) is 7.19. The summed E-state index contributed by atoms with van der Waals surface area (Å²) in [7, 11) is 0. The van der Waals surface area contributed by atoms with Crippen LogP contribution in [-0.4, -0.2) is 12.6 Å². The summed E-state index contributed by atoms with van der Waals surface area (Å²) in [5.41, 5.74) is 0.583. The number of esters is 1. The summed E-state index contributed by atoms with van der Waals surface area (Å²) in [5, 5.41) is 8.66. The maximum atomic E-state index is 11.4. The molecule has 0 saturated heterocycles. The third-order valence-corrected chi connectivity index (χ3v) is 1.47. The summed E-state index contributed by atoms with van der Waals surface area (Å²) >= 11 is 0. The lowest BCUT2D eigenvalue weighted by atomic mass is 10.1. The molecular weight excluding hydrogens is 190 g/mol. The highest BCUT2D eigenvalue weighted by molar-refractivity contribution is 5.92. The van der Waals surface area contributed by atoms with Crippen LogP contribution in [0.4, 0.5) is 0 Å². The molecular formula is C12H13NO2. The fourth-order valence-corrected chi connectivity index (χ4v) is 0.821. The monoisotopic (exact) mass is 203 g/mol. The number of ether oxygens (including phenoxy) is 1. The van der Waals surface area contributed by atoms with Crippen molar-refractivity contribution in [2.45, 2.75) is 6.92 Å². The van der Waals surface area contributed by atoms with Crippen molar-refractivity contribution in [2.75, 3.05) is 6.61 Å². The predicted octanol–water partition coefficient (Wildman–Crippen LogP) is 2.30. The summed E-state index contributed by atoms with van der Waals surface area (Å²) in [6.07, 6.45) is 5.72. The van der Waals surface area contributed by atoms with Gasteiger partial charge in [0.2, 0.25) is 0 Å². The van der Waals surface area contributed by atoms with E-state index < -0.39 is 5.97 Å². The lowest BCUT2D eigenvalue weighted by Gasteiger charge is -2.01. The zero-order valence-corrected chi connectivity index (χ0v) is 8.69. The fourth-order valence-electron chi connectivity index (χ4n) is 0.821. The highest BCUT2D eigenvalue weighted by Crippen LogP contribution is 2.06. The molecule has 3 heteroatoms. The first-order valence-electron chi connectivity index (χ1n) is 4.43. The molecule has 0 amide bonds. The van der Waals surface area contributed by atoms with Crippen molar-refractivity contribution in [3.63, 3.8) is 0 Å². The predicted molar refractivity (Wildman–Crippen MR) is 58.8 cm³/mol. The van der Waals surface area contributed by atoms with Gasteiger partial charge < -0.3 is 4.74 Å². The normalized spacial score (nSPS) is 11.5. The van der Waals surface area contributed by atoms with E-state index in [2.05, 4.69) is 13.2 Å². The number of hydrogen-bond donors (Lipinski definition) is 0. The molecule has 0 aromatic heterocycles. The van der Waals surface area contributed by atoms with E-state index in [0.717, 1.165) is 0 Å². The molecule has 0 spiro atoms. The van der Waals surface area contributed by atoms with Gasteiger partial charge in [0.25, 0.3) is 0 Å². The van der Waals surface area contributed by atoms with Gasteiger partial charge in [-0.05, 0) is 19.1 Å². The van der Waals surface area contributed by atoms with Gasteiger partial charge in [-0.1, -0.05) is 25.3 Å². The second-order valence-corrected chi connectivity index (χ2v) is 2.49. The molecule has 0 fully saturated rings. The molecule has 0 radical (unpaired) electrons. The molecule has 0 N–H and O–H groups in total. The van der Waals surface area contributed by atoms with Gasteiger partial charge >= 0.3 is 5.97 Å². The lowest BCUT2D eigenvalue weighted by molar-refractivity contribution is -0.138. The molecule has 0 aliphatic carbocycles. The van der Waals surface area contributed by atoms with E-state index in [1.807, 2.05) is 6.07 Å². The Morgan fingerprint density at radius 3 is 2.60 bits per heavy atom. The average molecular weight is 203 g/mol. The van der Waals surface area contributed by atoms with E-state index in [1.54, 1.807) is 6.92 Å². The maximum absolute atomic E-state index is 11.4. The largest absolute Gasteiger partial charge is 0.462 e. The molecule has 0 bridgehead atoms. The molecule has 15 heavy (non-hydrogen) atoms. The first-order valence-corrected chi connectivity index (χ1v) is 4.43. The van der Waals surface area contributed by atoms with Crippen molar-refractivity contribution in [2.24, 2.45) is 0 Å². The van der Waals surface area contributed by atoms with Crippen LogP contribution in [0.5, 0.6) is 0 Å². The Labute approximate surface area is 89.7 Å². The zero-order chi connectivity index (χ0) is 11.7. The summed E-state index contributed by atoms with van der Waals surface area (Å²) in [6, 6.07) is 1.90. The number of carbonyl (C=O) groups is 1. The molecule has 0 aromatic rings. The summed E-state index contributed by atoms with van der Waals surface area (Å²) < 4.78 is 4.80. The van der Waals surface area contributed by atoms with Gasteiger partial charge in [-0.3, -0.25) is 0 Å². The van der Waals surface area contributed by atoms with Gasteiger partial charge in [0.05, 0.1) is 23.8 Å². The lowest BCUT2D eigenvalue weighted by Crippen LogP contribution is -2.06. The van der Waals surface area contributed by atoms with Gasteiger partial charge in [0, 0.05) is 0 Å². The summed E-state index contributed by atoms with van der Waals surface area (Å²) in [5.74, 6) is -0.480. The van der Waals surface area contributed by atoms with Crippen LogP contribution < -0.4 is 0 Å². The van der Waals surface area contributed by atoms with Crippen LogP contribution in [0.1, 0.15) is 6.92 Å². The molecule has 0 saturated carbocycles. The smallest absolute Gasteiger partial charge is 0.338 e. The number of carbonyl (C=O) groups excluding carboxylic acids is 1. The quantitative estimate of drug-likeness (QED) is 0.298.